The Morgan fingerprint density at radius 1 is 1.00 bits per heavy atom. The molecule has 4 nitrogen and oxygen atoms in total. The van der Waals surface area contributed by atoms with Crippen LogP contribution in [-0.2, 0) is 10.0 Å². The topological polar surface area (TPSA) is 54.5 Å². The van der Waals surface area contributed by atoms with E-state index in [0.29, 0.717) is 5.56 Å². The molecule has 0 amide bonds. The Balaban J connectivity index is 2.31. The Morgan fingerprint density at radius 3 is 2.09 bits per heavy atom. The Kier molecular flexibility index (Phi) is 5.34. The van der Waals surface area contributed by atoms with Crippen LogP contribution in [-0.4, -0.2) is 31.1 Å². The zero-order valence-electron chi connectivity index (χ0n) is 13.6. The first-order chi connectivity index (χ1) is 10.8. The smallest absolute Gasteiger partial charge is 0.243 e. The second-order valence-electron chi connectivity index (χ2n) is 5.75. The van der Waals surface area contributed by atoms with Gasteiger partial charge in [-0.1, -0.05) is 48.0 Å². The van der Waals surface area contributed by atoms with Gasteiger partial charge in [0.25, 0.3) is 0 Å². The van der Waals surface area contributed by atoms with Crippen molar-refractivity contribution in [2.24, 2.45) is 0 Å². The SMILES string of the molecule is Cc1ccc(S(=O)(=O)N(CC(=O)c2ccccc2)C(C)C)cc1. The molecule has 0 N–H and O–H groups in total. The maximum atomic E-state index is 12.8. The molecule has 0 unspecified atom stereocenters. The van der Waals surface area contributed by atoms with Crippen molar-refractivity contribution in [3.05, 3.63) is 65.7 Å². The maximum Gasteiger partial charge on any atom is 0.243 e. The number of rotatable bonds is 6. The van der Waals surface area contributed by atoms with Gasteiger partial charge in [0, 0.05) is 11.6 Å². The van der Waals surface area contributed by atoms with Crippen LogP contribution in [0.4, 0.5) is 0 Å². The predicted octanol–water partition coefficient (Wildman–Crippen LogP) is 3.28. The molecule has 122 valence electrons. The van der Waals surface area contributed by atoms with E-state index < -0.39 is 10.0 Å². The van der Waals surface area contributed by atoms with Gasteiger partial charge in [-0.2, -0.15) is 4.31 Å². The first-order valence-corrected chi connectivity index (χ1v) is 8.93. The Hall–Kier alpha value is -1.98. The second-order valence-corrected chi connectivity index (χ2v) is 7.64. The molecule has 0 spiro atoms. The van der Waals surface area contributed by atoms with Gasteiger partial charge in [0.05, 0.1) is 11.4 Å². The molecular weight excluding hydrogens is 310 g/mol. The minimum Gasteiger partial charge on any atom is -0.293 e. The molecule has 0 heterocycles. The van der Waals surface area contributed by atoms with Gasteiger partial charge in [-0.05, 0) is 32.9 Å². The van der Waals surface area contributed by atoms with Gasteiger partial charge in [-0.3, -0.25) is 4.79 Å². The monoisotopic (exact) mass is 331 g/mol. The van der Waals surface area contributed by atoms with E-state index in [9.17, 15) is 13.2 Å². The molecule has 0 aliphatic carbocycles. The zero-order valence-corrected chi connectivity index (χ0v) is 14.4. The third kappa shape index (κ3) is 4.06. The highest BCUT2D eigenvalue weighted by Gasteiger charge is 2.29. The largest absolute Gasteiger partial charge is 0.293 e. The summed E-state index contributed by atoms with van der Waals surface area (Å²) in [5, 5.41) is 0. The number of carbonyl (C=O) groups excluding carboxylic acids is 1. The lowest BCUT2D eigenvalue weighted by molar-refractivity contribution is 0.0957. The molecule has 2 rings (SSSR count). The van der Waals surface area contributed by atoms with Crippen molar-refractivity contribution in [1.82, 2.24) is 4.31 Å². The van der Waals surface area contributed by atoms with Crippen molar-refractivity contribution < 1.29 is 13.2 Å². The first-order valence-electron chi connectivity index (χ1n) is 7.49. The van der Waals surface area contributed by atoms with Crippen molar-refractivity contribution in [3.8, 4) is 0 Å². The number of Topliss-reactive ketones (excluding diaryl/α,β-unsaturated/α-hetero) is 1. The van der Waals surface area contributed by atoms with Crippen LogP contribution in [0.3, 0.4) is 0 Å². The van der Waals surface area contributed by atoms with Gasteiger partial charge in [-0.25, -0.2) is 8.42 Å². The van der Waals surface area contributed by atoms with Gasteiger partial charge < -0.3 is 0 Å². The van der Waals surface area contributed by atoms with E-state index >= 15 is 0 Å². The fraction of sp³-hybridized carbons (Fsp3) is 0.278. The Bertz CT molecular complexity index is 766. The standard InChI is InChI=1S/C18H21NO3S/c1-14(2)19(13-18(20)16-7-5-4-6-8-16)23(21,22)17-11-9-15(3)10-12-17/h4-12,14H,13H2,1-3H3. The van der Waals surface area contributed by atoms with Gasteiger partial charge >= 0.3 is 0 Å². The Morgan fingerprint density at radius 2 is 1.57 bits per heavy atom. The number of nitrogens with zero attached hydrogens (tertiary/aromatic N) is 1. The highest BCUT2D eigenvalue weighted by atomic mass is 32.2. The molecule has 0 fully saturated rings. The molecular formula is C18H21NO3S. The van der Waals surface area contributed by atoms with Gasteiger partial charge in [0.2, 0.25) is 10.0 Å². The van der Waals surface area contributed by atoms with Crippen LogP contribution in [0.5, 0.6) is 0 Å². The Labute approximate surface area is 137 Å². The van der Waals surface area contributed by atoms with E-state index in [2.05, 4.69) is 0 Å². The summed E-state index contributed by atoms with van der Waals surface area (Å²) >= 11 is 0. The van der Waals surface area contributed by atoms with Crippen LogP contribution in [0.1, 0.15) is 29.8 Å². The average Bonchev–Trinajstić information content (AvgIpc) is 2.53. The van der Waals surface area contributed by atoms with Gasteiger partial charge in [0.15, 0.2) is 5.78 Å². The zero-order chi connectivity index (χ0) is 17.0. The lowest BCUT2D eigenvalue weighted by Gasteiger charge is -2.25. The van der Waals surface area contributed by atoms with Crippen molar-refractivity contribution >= 4 is 15.8 Å². The fourth-order valence-corrected chi connectivity index (χ4v) is 3.84. The predicted molar refractivity (Wildman–Crippen MR) is 91.0 cm³/mol. The van der Waals surface area contributed by atoms with Crippen LogP contribution in [0, 0.1) is 6.92 Å². The van der Waals surface area contributed by atoms with Gasteiger partial charge in [0.1, 0.15) is 0 Å². The summed E-state index contributed by atoms with van der Waals surface area (Å²) in [7, 11) is -3.71. The normalized spacial score (nSPS) is 11.9. The number of sulfonamides is 1. The molecule has 0 aliphatic rings. The average molecular weight is 331 g/mol. The fourth-order valence-electron chi connectivity index (χ4n) is 2.25. The highest BCUT2D eigenvalue weighted by Crippen LogP contribution is 2.19. The van der Waals surface area contributed by atoms with Crippen LogP contribution in [0.2, 0.25) is 0 Å². The minimum atomic E-state index is -3.71. The molecule has 0 radical (unpaired) electrons. The van der Waals surface area contributed by atoms with E-state index in [0.717, 1.165) is 5.56 Å². The van der Waals surface area contributed by atoms with Crippen molar-refractivity contribution in [2.45, 2.75) is 31.7 Å². The van der Waals surface area contributed by atoms with Crippen LogP contribution in [0.25, 0.3) is 0 Å². The van der Waals surface area contributed by atoms with Crippen molar-refractivity contribution in [3.63, 3.8) is 0 Å². The number of hydrogen-bond donors (Lipinski definition) is 0. The number of carbonyl (C=O) groups is 1. The lowest BCUT2D eigenvalue weighted by atomic mass is 10.1. The minimum absolute atomic E-state index is 0.169. The van der Waals surface area contributed by atoms with E-state index in [1.807, 2.05) is 13.0 Å². The molecule has 2 aromatic rings. The van der Waals surface area contributed by atoms with E-state index in [-0.39, 0.29) is 23.3 Å². The van der Waals surface area contributed by atoms with Crippen LogP contribution in [0.15, 0.2) is 59.5 Å². The summed E-state index contributed by atoms with van der Waals surface area (Å²) < 4.78 is 26.9. The number of ketones is 1. The summed E-state index contributed by atoms with van der Waals surface area (Å²) in [4.78, 5) is 12.6. The number of benzene rings is 2. The third-order valence-electron chi connectivity index (χ3n) is 3.60. The maximum absolute atomic E-state index is 12.8. The highest BCUT2D eigenvalue weighted by molar-refractivity contribution is 7.89. The summed E-state index contributed by atoms with van der Waals surface area (Å²) in [6.07, 6.45) is 0. The first kappa shape index (κ1) is 17.4. The molecule has 23 heavy (non-hydrogen) atoms. The summed E-state index contributed by atoms with van der Waals surface area (Å²) in [5.41, 5.74) is 1.50. The molecule has 0 saturated carbocycles. The van der Waals surface area contributed by atoms with Crippen molar-refractivity contribution in [2.75, 3.05) is 6.54 Å². The van der Waals surface area contributed by atoms with Crippen molar-refractivity contribution in [1.29, 1.82) is 0 Å². The third-order valence-corrected chi connectivity index (χ3v) is 5.63. The second kappa shape index (κ2) is 7.06. The van der Waals surface area contributed by atoms with Crippen LogP contribution >= 0.6 is 0 Å². The number of aryl methyl sites for hydroxylation is 1. The molecule has 5 heteroatoms. The molecule has 0 aliphatic heterocycles. The quantitative estimate of drug-likeness (QED) is 0.763. The van der Waals surface area contributed by atoms with E-state index in [1.165, 1.54) is 4.31 Å². The van der Waals surface area contributed by atoms with Gasteiger partial charge in [-0.15, -0.1) is 0 Å². The molecule has 0 bridgehead atoms. The summed E-state index contributed by atoms with van der Waals surface area (Å²) in [6, 6.07) is 15.1. The molecule has 0 saturated heterocycles. The molecule has 2 aromatic carbocycles. The summed E-state index contributed by atoms with van der Waals surface area (Å²) in [5.74, 6) is -0.213. The summed E-state index contributed by atoms with van der Waals surface area (Å²) in [6.45, 7) is 5.27. The molecule has 0 atom stereocenters. The molecule has 0 aromatic heterocycles. The lowest BCUT2D eigenvalue weighted by Crippen LogP contribution is -2.40. The van der Waals surface area contributed by atoms with E-state index in [1.54, 1.807) is 62.4 Å². The van der Waals surface area contributed by atoms with E-state index in [4.69, 9.17) is 0 Å². The number of hydrogen-bond acceptors (Lipinski definition) is 3. The van der Waals surface area contributed by atoms with Crippen LogP contribution < -0.4 is 0 Å².